The predicted molar refractivity (Wildman–Crippen MR) is 70.7 cm³/mol. The lowest BCUT2D eigenvalue weighted by atomic mass is 10.1. The number of rotatable bonds is 1. The Kier molecular flexibility index (Phi) is 3.01. The van der Waals surface area contributed by atoms with E-state index < -0.39 is 0 Å². The molecule has 2 heterocycles. The Labute approximate surface area is 107 Å². The summed E-state index contributed by atoms with van der Waals surface area (Å²) in [6.45, 7) is 1.84. The summed E-state index contributed by atoms with van der Waals surface area (Å²) in [6, 6.07) is 0.600. The van der Waals surface area contributed by atoms with Crippen LogP contribution in [0.1, 0.15) is 37.1 Å². The van der Waals surface area contributed by atoms with Crippen LogP contribution < -0.4 is 5.32 Å². The maximum absolute atomic E-state index is 5.49. The van der Waals surface area contributed by atoms with Crippen molar-refractivity contribution in [1.29, 1.82) is 0 Å². The Morgan fingerprint density at radius 3 is 3.12 bits per heavy atom. The van der Waals surface area contributed by atoms with Gasteiger partial charge in [0.05, 0.1) is 18.6 Å². The summed E-state index contributed by atoms with van der Waals surface area (Å²) in [4.78, 5) is 9.76. The molecule has 0 amide bonds. The molecule has 0 bridgehead atoms. The summed E-state index contributed by atoms with van der Waals surface area (Å²) < 4.78 is 0. The predicted octanol–water partition coefficient (Wildman–Crippen LogP) is 1.58. The van der Waals surface area contributed by atoms with Crippen LogP contribution in [0.4, 0.5) is 0 Å². The lowest BCUT2D eigenvalue weighted by Gasteiger charge is -2.30. The molecule has 1 aliphatic carbocycles. The van der Waals surface area contributed by atoms with Gasteiger partial charge >= 0.3 is 0 Å². The van der Waals surface area contributed by atoms with Crippen molar-refractivity contribution in [2.45, 2.75) is 44.7 Å². The number of hydrogen-bond acceptors (Lipinski definition) is 2. The van der Waals surface area contributed by atoms with Gasteiger partial charge in [-0.25, -0.2) is 4.98 Å². The van der Waals surface area contributed by atoms with E-state index in [-0.39, 0.29) is 0 Å². The Morgan fingerprint density at radius 1 is 1.47 bits per heavy atom. The first-order valence-electron chi connectivity index (χ1n) is 6.39. The van der Waals surface area contributed by atoms with E-state index in [2.05, 4.69) is 20.2 Å². The quantitative estimate of drug-likeness (QED) is 0.743. The van der Waals surface area contributed by atoms with Gasteiger partial charge in [-0.05, 0) is 25.1 Å². The first kappa shape index (κ1) is 11.0. The molecule has 0 spiro atoms. The molecular weight excluding hydrogens is 232 g/mol. The third kappa shape index (κ3) is 2.29. The van der Waals surface area contributed by atoms with Crippen molar-refractivity contribution in [3.63, 3.8) is 0 Å². The molecule has 3 rings (SSSR count). The summed E-state index contributed by atoms with van der Waals surface area (Å²) in [6.07, 6.45) is 8.00. The Balaban J connectivity index is 1.60. The van der Waals surface area contributed by atoms with E-state index in [4.69, 9.17) is 12.2 Å². The standard InChI is InChI=1S/C12H18N4S/c17-12(15-9-3-1-2-4-9)16-6-5-10-11(7-16)14-8-13-10/h8-9H,1-7H2,(H,13,14)(H,15,17). The van der Waals surface area contributed by atoms with Gasteiger partial charge in [-0.15, -0.1) is 0 Å². The highest BCUT2D eigenvalue weighted by Gasteiger charge is 2.22. The molecule has 0 unspecified atom stereocenters. The van der Waals surface area contributed by atoms with Gasteiger partial charge in [-0.1, -0.05) is 12.8 Å². The van der Waals surface area contributed by atoms with Crippen LogP contribution in [0.3, 0.4) is 0 Å². The zero-order valence-corrected chi connectivity index (χ0v) is 10.7. The summed E-state index contributed by atoms with van der Waals surface area (Å²) in [5.74, 6) is 0. The van der Waals surface area contributed by atoms with Crippen molar-refractivity contribution in [1.82, 2.24) is 20.2 Å². The zero-order valence-electron chi connectivity index (χ0n) is 9.91. The molecule has 5 heteroatoms. The van der Waals surface area contributed by atoms with Gasteiger partial charge in [0, 0.05) is 24.7 Å². The molecular formula is C12H18N4S. The monoisotopic (exact) mass is 250 g/mol. The molecule has 92 valence electrons. The van der Waals surface area contributed by atoms with E-state index in [1.807, 2.05) is 0 Å². The smallest absolute Gasteiger partial charge is 0.169 e. The lowest BCUT2D eigenvalue weighted by Crippen LogP contribution is -2.45. The fourth-order valence-electron chi connectivity index (χ4n) is 2.72. The highest BCUT2D eigenvalue weighted by Crippen LogP contribution is 2.19. The topological polar surface area (TPSA) is 44.0 Å². The van der Waals surface area contributed by atoms with E-state index in [9.17, 15) is 0 Å². The summed E-state index contributed by atoms with van der Waals surface area (Å²) in [7, 11) is 0. The number of thiocarbonyl (C=S) groups is 1. The minimum absolute atomic E-state index is 0.600. The van der Waals surface area contributed by atoms with Gasteiger partial charge in [0.15, 0.2) is 5.11 Å². The minimum Gasteiger partial charge on any atom is -0.360 e. The Morgan fingerprint density at radius 2 is 2.29 bits per heavy atom. The SMILES string of the molecule is S=C(NC1CCCC1)N1CCc2[nH]cnc2C1. The number of nitrogens with zero attached hydrogens (tertiary/aromatic N) is 2. The van der Waals surface area contributed by atoms with Crippen molar-refractivity contribution in [2.24, 2.45) is 0 Å². The number of H-pyrrole nitrogens is 1. The van der Waals surface area contributed by atoms with Gasteiger partial charge in [-0.3, -0.25) is 0 Å². The second-order valence-corrected chi connectivity index (χ2v) is 5.32. The van der Waals surface area contributed by atoms with Crippen molar-refractivity contribution in [3.05, 3.63) is 17.7 Å². The number of imidazole rings is 1. The highest BCUT2D eigenvalue weighted by molar-refractivity contribution is 7.80. The second kappa shape index (κ2) is 4.64. The lowest BCUT2D eigenvalue weighted by molar-refractivity contribution is 0.374. The first-order chi connectivity index (χ1) is 8.33. The zero-order chi connectivity index (χ0) is 11.7. The van der Waals surface area contributed by atoms with Crippen LogP contribution in [-0.2, 0) is 13.0 Å². The first-order valence-corrected chi connectivity index (χ1v) is 6.80. The molecule has 1 aliphatic heterocycles. The molecule has 4 nitrogen and oxygen atoms in total. The maximum atomic E-state index is 5.49. The Bertz CT molecular complexity index is 408. The minimum atomic E-state index is 0.600. The molecule has 17 heavy (non-hydrogen) atoms. The fourth-order valence-corrected chi connectivity index (χ4v) is 3.04. The molecule has 1 aromatic heterocycles. The molecule has 0 radical (unpaired) electrons. The van der Waals surface area contributed by atoms with Gasteiger partial charge in [0.2, 0.25) is 0 Å². The number of nitrogens with one attached hydrogen (secondary N) is 2. The molecule has 2 aliphatic rings. The molecule has 1 saturated carbocycles. The molecule has 2 N–H and O–H groups in total. The van der Waals surface area contributed by atoms with Gasteiger partial charge in [0.25, 0.3) is 0 Å². The van der Waals surface area contributed by atoms with Crippen molar-refractivity contribution < 1.29 is 0 Å². The normalized spacial score (nSPS) is 20.4. The van der Waals surface area contributed by atoms with Crippen LogP contribution in [0, 0.1) is 0 Å². The van der Waals surface area contributed by atoms with Crippen LogP contribution in [0.2, 0.25) is 0 Å². The van der Waals surface area contributed by atoms with E-state index >= 15 is 0 Å². The summed E-state index contributed by atoms with van der Waals surface area (Å²) in [5, 5.41) is 4.40. The largest absolute Gasteiger partial charge is 0.360 e. The molecule has 1 fully saturated rings. The second-order valence-electron chi connectivity index (χ2n) is 4.93. The van der Waals surface area contributed by atoms with E-state index in [1.165, 1.54) is 31.4 Å². The van der Waals surface area contributed by atoms with E-state index in [0.29, 0.717) is 6.04 Å². The van der Waals surface area contributed by atoms with Gasteiger partial charge in [-0.2, -0.15) is 0 Å². The summed E-state index contributed by atoms with van der Waals surface area (Å²) in [5.41, 5.74) is 2.41. The van der Waals surface area contributed by atoms with Crippen molar-refractivity contribution in [2.75, 3.05) is 6.54 Å². The number of aromatic nitrogens is 2. The Hall–Kier alpha value is -1.10. The van der Waals surface area contributed by atoms with Crippen LogP contribution in [-0.4, -0.2) is 32.6 Å². The summed E-state index contributed by atoms with van der Waals surface area (Å²) >= 11 is 5.49. The van der Waals surface area contributed by atoms with E-state index in [1.54, 1.807) is 6.33 Å². The molecule has 0 saturated heterocycles. The molecule has 0 atom stereocenters. The molecule has 1 aromatic rings. The molecule has 0 aromatic carbocycles. The number of hydrogen-bond donors (Lipinski definition) is 2. The number of fused-ring (bicyclic) bond motifs is 1. The van der Waals surface area contributed by atoms with Gasteiger partial charge in [0.1, 0.15) is 0 Å². The maximum Gasteiger partial charge on any atom is 0.169 e. The van der Waals surface area contributed by atoms with Crippen LogP contribution in [0.5, 0.6) is 0 Å². The van der Waals surface area contributed by atoms with E-state index in [0.717, 1.165) is 30.3 Å². The third-order valence-electron chi connectivity index (χ3n) is 3.75. The fraction of sp³-hybridized carbons (Fsp3) is 0.667. The average Bonchev–Trinajstić information content (AvgIpc) is 2.97. The van der Waals surface area contributed by atoms with Crippen LogP contribution in [0.15, 0.2) is 6.33 Å². The van der Waals surface area contributed by atoms with Crippen molar-refractivity contribution in [3.8, 4) is 0 Å². The van der Waals surface area contributed by atoms with Gasteiger partial charge < -0.3 is 15.2 Å². The average molecular weight is 250 g/mol. The van der Waals surface area contributed by atoms with Crippen LogP contribution >= 0.6 is 12.2 Å². The number of aromatic amines is 1. The van der Waals surface area contributed by atoms with Crippen molar-refractivity contribution >= 4 is 17.3 Å². The highest BCUT2D eigenvalue weighted by atomic mass is 32.1. The van der Waals surface area contributed by atoms with Crippen LogP contribution in [0.25, 0.3) is 0 Å². The third-order valence-corrected chi connectivity index (χ3v) is 4.13.